The second kappa shape index (κ2) is 8.28. The number of nitriles is 1. The van der Waals surface area contributed by atoms with Crippen molar-refractivity contribution in [3.8, 4) is 6.07 Å². The molecule has 0 spiro atoms. The van der Waals surface area contributed by atoms with Gasteiger partial charge < -0.3 is 9.55 Å². The smallest absolute Gasteiger partial charge is 0.149 e. The fourth-order valence-corrected chi connectivity index (χ4v) is 3.69. The van der Waals surface area contributed by atoms with Gasteiger partial charge in [-0.1, -0.05) is 60.7 Å². The molecule has 3 aromatic carbocycles. The zero-order valence-corrected chi connectivity index (χ0v) is 16.9. The first-order chi connectivity index (χ1) is 14.3. The van der Waals surface area contributed by atoms with Crippen molar-refractivity contribution in [3.63, 3.8) is 0 Å². The van der Waals surface area contributed by atoms with Gasteiger partial charge in [0.15, 0.2) is 0 Å². The van der Waals surface area contributed by atoms with Gasteiger partial charge in [-0.15, -0.1) is 12.4 Å². The largest absolute Gasteiger partial charge is 0.342 e. The summed E-state index contributed by atoms with van der Waals surface area (Å²) in [5.74, 6) is 0.591. The third kappa shape index (κ3) is 3.59. The number of nitrogens with one attached hydrogen (secondary N) is 1. The number of allylic oxidation sites excluding steroid dienone is 1. The second-order valence-electron chi connectivity index (χ2n) is 6.99. The van der Waals surface area contributed by atoms with Crippen molar-refractivity contribution in [3.05, 3.63) is 102 Å². The van der Waals surface area contributed by atoms with Gasteiger partial charge in [-0.3, -0.25) is 0 Å². The Kier molecular flexibility index (Phi) is 5.38. The van der Waals surface area contributed by atoms with E-state index >= 15 is 0 Å². The van der Waals surface area contributed by atoms with Gasteiger partial charge in [0.05, 0.1) is 16.6 Å². The van der Waals surface area contributed by atoms with Crippen LogP contribution in [0.1, 0.15) is 17.0 Å². The molecule has 0 fully saturated rings. The molecule has 5 rings (SSSR count). The van der Waals surface area contributed by atoms with Crippen LogP contribution in [0.5, 0.6) is 0 Å². The summed E-state index contributed by atoms with van der Waals surface area (Å²) in [6, 6.07) is 28.8. The molecule has 0 radical (unpaired) electrons. The molecule has 2 heterocycles. The minimum atomic E-state index is 0. The lowest BCUT2D eigenvalue weighted by Crippen LogP contribution is -1.97. The van der Waals surface area contributed by atoms with E-state index in [0.717, 1.165) is 34.0 Å². The van der Waals surface area contributed by atoms with Gasteiger partial charge in [0, 0.05) is 29.2 Å². The summed E-state index contributed by atoms with van der Waals surface area (Å²) in [5.41, 5.74) is 5.69. The number of para-hydroxylation sites is 3. The molecule has 30 heavy (non-hydrogen) atoms. The molecule has 4 nitrogen and oxygen atoms in total. The summed E-state index contributed by atoms with van der Waals surface area (Å²) < 4.78 is 2.23. The molecule has 5 aromatic rings. The Hall–Kier alpha value is -3.81. The Morgan fingerprint density at radius 2 is 1.70 bits per heavy atom. The maximum absolute atomic E-state index is 9.79. The van der Waals surface area contributed by atoms with E-state index in [2.05, 4.69) is 63.2 Å². The summed E-state index contributed by atoms with van der Waals surface area (Å²) in [6.07, 6.45) is 4.03. The normalized spacial score (nSPS) is 11.4. The van der Waals surface area contributed by atoms with Crippen LogP contribution in [-0.2, 0) is 6.54 Å². The Morgan fingerprint density at radius 3 is 2.50 bits per heavy atom. The van der Waals surface area contributed by atoms with Crippen LogP contribution in [0.25, 0.3) is 33.6 Å². The molecule has 5 heteroatoms. The summed E-state index contributed by atoms with van der Waals surface area (Å²) >= 11 is 0. The van der Waals surface area contributed by atoms with E-state index in [1.54, 1.807) is 0 Å². The van der Waals surface area contributed by atoms with Crippen molar-refractivity contribution in [1.82, 2.24) is 14.5 Å². The van der Waals surface area contributed by atoms with E-state index in [0.29, 0.717) is 11.4 Å². The molecule has 2 aromatic heterocycles. The lowest BCUT2D eigenvalue weighted by Gasteiger charge is -2.05. The molecular weight excluding hydrogens is 392 g/mol. The van der Waals surface area contributed by atoms with Crippen LogP contribution >= 0.6 is 12.4 Å². The van der Waals surface area contributed by atoms with Crippen molar-refractivity contribution in [1.29, 1.82) is 5.26 Å². The first-order valence-corrected chi connectivity index (χ1v) is 9.50. The summed E-state index contributed by atoms with van der Waals surface area (Å²) in [7, 11) is 0. The summed E-state index contributed by atoms with van der Waals surface area (Å²) in [6.45, 7) is 0.779. The number of aromatic amines is 1. The predicted octanol–water partition coefficient (Wildman–Crippen LogP) is 6.05. The molecule has 0 amide bonds. The number of aromatic nitrogens is 3. The highest BCUT2D eigenvalue weighted by molar-refractivity contribution is 5.98. The molecule has 0 atom stereocenters. The Labute approximate surface area is 180 Å². The number of halogens is 1. The predicted molar refractivity (Wildman–Crippen MR) is 124 cm³/mol. The molecule has 0 aliphatic heterocycles. The second-order valence-corrected chi connectivity index (χ2v) is 6.99. The minimum Gasteiger partial charge on any atom is -0.342 e. The number of imidazole rings is 1. The number of nitrogens with zero attached hydrogens (tertiary/aromatic N) is 3. The Morgan fingerprint density at radius 1 is 0.967 bits per heavy atom. The van der Waals surface area contributed by atoms with E-state index < -0.39 is 0 Å². The summed E-state index contributed by atoms with van der Waals surface area (Å²) in [4.78, 5) is 7.83. The first kappa shape index (κ1) is 19.5. The lowest BCUT2D eigenvalue weighted by atomic mass is 10.1. The third-order valence-corrected chi connectivity index (χ3v) is 5.08. The zero-order chi connectivity index (χ0) is 19.6. The molecule has 0 bridgehead atoms. The van der Waals surface area contributed by atoms with Crippen molar-refractivity contribution < 1.29 is 0 Å². The van der Waals surface area contributed by atoms with Crippen molar-refractivity contribution in [2.24, 2.45) is 0 Å². The van der Waals surface area contributed by atoms with E-state index in [4.69, 9.17) is 0 Å². The van der Waals surface area contributed by atoms with Crippen LogP contribution in [-0.4, -0.2) is 14.5 Å². The van der Waals surface area contributed by atoms with Gasteiger partial charge in [-0.25, -0.2) is 4.98 Å². The van der Waals surface area contributed by atoms with Gasteiger partial charge >= 0.3 is 0 Å². The van der Waals surface area contributed by atoms with Crippen LogP contribution in [0.15, 0.2) is 85.1 Å². The Bertz CT molecular complexity index is 1350. The molecule has 0 aliphatic rings. The van der Waals surface area contributed by atoms with Crippen LogP contribution < -0.4 is 0 Å². The monoisotopic (exact) mass is 410 g/mol. The van der Waals surface area contributed by atoms with Gasteiger partial charge in [-0.05, 0) is 29.8 Å². The van der Waals surface area contributed by atoms with E-state index in [-0.39, 0.29) is 12.4 Å². The van der Waals surface area contributed by atoms with Crippen molar-refractivity contribution in [2.75, 3.05) is 0 Å². The Balaban J connectivity index is 0.00000218. The van der Waals surface area contributed by atoms with Crippen LogP contribution in [0, 0.1) is 11.3 Å². The number of fused-ring (bicyclic) bond motifs is 2. The number of hydrogen-bond acceptors (Lipinski definition) is 2. The van der Waals surface area contributed by atoms with Gasteiger partial charge in [0.25, 0.3) is 0 Å². The lowest BCUT2D eigenvalue weighted by molar-refractivity contribution is 0.836. The molecule has 0 saturated carbocycles. The van der Waals surface area contributed by atoms with E-state index in [9.17, 15) is 5.26 Å². The fraction of sp³-hybridized carbons (Fsp3) is 0.0400. The minimum absolute atomic E-state index is 0. The van der Waals surface area contributed by atoms with Crippen molar-refractivity contribution in [2.45, 2.75) is 6.54 Å². The van der Waals surface area contributed by atoms with Gasteiger partial charge in [0.2, 0.25) is 0 Å². The quantitative estimate of drug-likeness (QED) is 0.366. The summed E-state index contributed by atoms with van der Waals surface area (Å²) in [5, 5.41) is 10.9. The van der Waals surface area contributed by atoms with Crippen molar-refractivity contribution >= 4 is 46.0 Å². The molecule has 146 valence electrons. The topological polar surface area (TPSA) is 57.4 Å². The maximum Gasteiger partial charge on any atom is 0.149 e. The standard InChI is InChI=1S/C25H18N4.ClH/c26-15-19(25-27-22-11-5-6-12-23(22)28-25)14-20-17-29(16-18-8-2-1-3-9-18)24-13-7-4-10-21(20)24;/h1-14,17H,16H2,(H,27,28);1H. The highest BCUT2D eigenvalue weighted by Crippen LogP contribution is 2.27. The van der Waals surface area contributed by atoms with E-state index in [1.807, 2.05) is 48.5 Å². The molecule has 1 N–H and O–H groups in total. The SMILES string of the molecule is Cl.N#CC(=Cc1cn(Cc2ccccc2)c2ccccc12)c1nc2ccccc2[nH]1. The molecule has 0 unspecified atom stereocenters. The maximum atomic E-state index is 9.79. The van der Waals surface area contributed by atoms with Gasteiger partial charge in [0.1, 0.15) is 11.9 Å². The average Bonchev–Trinajstić information content (AvgIpc) is 3.34. The third-order valence-electron chi connectivity index (χ3n) is 5.08. The average molecular weight is 411 g/mol. The van der Waals surface area contributed by atoms with Gasteiger partial charge in [-0.2, -0.15) is 5.26 Å². The molecule has 0 aliphatic carbocycles. The molecular formula is C25H19ClN4. The number of rotatable bonds is 4. The number of hydrogen-bond donors (Lipinski definition) is 1. The van der Waals surface area contributed by atoms with E-state index in [1.165, 1.54) is 5.56 Å². The number of benzene rings is 3. The fourth-order valence-electron chi connectivity index (χ4n) is 3.69. The van der Waals surface area contributed by atoms with Crippen LogP contribution in [0.3, 0.4) is 0 Å². The van der Waals surface area contributed by atoms with Crippen LogP contribution in [0.2, 0.25) is 0 Å². The first-order valence-electron chi connectivity index (χ1n) is 9.50. The highest BCUT2D eigenvalue weighted by atomic mass is 35.5. The highest BCUT2D eigenvalue weighted by Gasteiger charge is 2.11. The zero-order valence-electron chi connectivity index (χ0n) is 16.1. The number of H-pyrrole nitrogens is 1. The van der Waals surface area contributed by atoms with Crippen LogP contribution in [0.4, 0.5) is 0 Å². The molecule has 0 saturated heterocycles.